The summed E-state index contributed by atoms with van der Waals surface area (Å²) < 4.78 is 34.5. The molecule has 0 spiro atoms. The van der Waals surface area contributed by atoms with Crippen molar-refractivity contribution in [3.8, 4) is 0 Å². The number of hydrogen-bond acceptors (Lipinski definition) is 21. The van der Waals surface area contributed by atoms with E-state index in [1.54, 1.807) is 6.08 Å². The number of carboxylic acid groups (broad SMARTS) is 1. The molecule has 82 heavy (non-hydrogen) atoms. The fourth-order valence-electron chi connectivity index (χ4n) is 10.9. The smallest absolute Gasteiger partial charge is 0.220 e. The van der Waals surface area contributed by atoms with E-state index in [0.717, 1.165) is 51.9 Å². The van der Waals surface area contributed by atoms with Gasteiger partial charge in [-0.2, -0.15) is 0 Å². The van der Waals surface area contributed by atoms with Gasteiger partial charge in [0.15, 0.2) is 12.6 Å². The van der Waals surface area contributed by atoms with Gasteiger partial charge in [0.05, 0.1) is 50.7 Å². The number of nitrogens with one attached hydrogen (secondary N) is 2. The van der Waals surface area contributed by atoms with Gasteiger partial charge in [0.25, 0.3) is 0 Å². The molecule has 0 aromatic carbocycles. The first-order valence-electron chi connectivity index (χ1n) is 31.0. The van der Waals surface area contributed by atoms with Crippen LogP contribution in [0.3, 0.4) is 0 Å². The number of ether oxygens (including phenoxy) is 6. The van der Waals surface area contributed by atoms with Crippen molar-refractivity contribution in [2.24, 2.45) is 0 Å². The van der Waals surface area contributed by atoms with Gasteiger partial charge in [-0.1, -0.05) is 180 Å². The van der Waals surface area contributed by atoms with Crippen LogP contribution in [0.15, 0.2) is 12.2 Å². The van der Waals surface area contributed by atoms with Crippen LogP contribution < -0.4 is 15.7 Å². The normalized spacial score (nSPS) is 30.2. The van der Waals surface area contributed by atoms with Crippen molar-refractivity contribution in [1.29, 1.82) is 0 Å². The molecule has 3 saturated heterocycles. The molecule has 23 nitrogen and oxygen atoms in total. The Morgan fingerprint density at radius 3 is 1.63 bits per heavy atom. The fraction of sp³-hybridized carbons (Fsp3) is 0.915. The van der Waals surface area contributed by atoms with E-state index < -0.39 is 155 Å². The van der Waals surface area contributed by atoms with Gasteiger partial charge in [-0.3, -0.25) is 9.59 Å². The molecule has 480 valence electrons. The lowest BCUT2D eigenvalue weighted by Crippen LogP contribution is -2.72. The highest BCUT2D eigenvalue weighted by Crippen LogP contribution is 2.38. The van der Waals surface area contributed by atoms with Crippen LogP contribution in [-0.4, -0.2) is 210 Å². The zero-order valence-corrected chi connectivity index (χ0v) is 49.3. The average Bonchev–Trinajstić information content (AvgIpc) is 3.65. The van der Waals surface area contributed by atoms with Crippen molar-refractivity contribution in [1.82, 2.24) is 10.6 Å². The number of amides is 2. The van der Waals surface area contributed by atoms with E-state index in [1.807, 2.05) is 6.08 Å². The Labute approximate surface area is 486 Å². The number of allylic oxidation sites excluding steroid dienone is 1. The third-order valence-electron chi connectivity index (χ3n) is 15.9. The summed E-state index contributed by atoms with van der Waals surface area (Å²) in [6.07, 6.45) is 5.17. The Morgan fingerprint density at radius 2 is 1.15 bits per heavy atom. The third kappa shape index (κ3) is 25.4. The molecule has 0 radical (unpaired) electrons. The highest BCUT2D eigenvalue weighted by atomic mass is 16.8. The van der Waals surface area contributed by atoms with Gasteiger partial charge in [0, 0.05) is 19.8 Å². The summed E-state index contributed by atoms with van der Waals surface area (Å²) in [5.41, 5.74) is 0. The van der Waals surface area contributed by atoms with E-state index in [4.69, 9.17) is 28.4 Å². The molecule has 18 atom stereocenters. The van der Waals surface area contributed by atoms with Crippen LogP contribution in [0.2, 0.25) is 0 Å². The number of hydrogen-bond donors (Lipinski definition) is 13. The molecule has 0 aromatic rings. The third-order valence-corrected chi connectivity index (χ3v) is 15.9. The van der Waals surface area contributed by atoms with Gasteiger partial charge < -0.3 is 105 Å². The largest absolute Gasteiger partial charge is 0.544 e. The molecule has 3 heterocycles. The monoisotopic (exact) mass is 1180 g/mol. The second-order valence-electron chi connectivity index (χ2n) is 22.9. The number of carbonyl (C=O) groups is 3. The number of aliphatic hydroxyl groups excluding tert-OH is 11. The Morgan fingerprint density at radius 1 is 0.646 bits per heavy atom. The van der Waals surface area contributed by atoms with Crippen molar-refractivity contribution < 1.29 is 104 Å². The number of carboxylic acids is 1. The molecule has 3 fully saturated rings. The van der Waals surface area contributed by atoms with E-state index >= 15 is 0 Å². The van der Waals surface area contributed by atoms with E-state index in [0.29, 0.717) is 12.8 Å². The molecular formula is C59H107N2O21-. The molecule has 3 aliphatic rings. The number of carbonyl (C=O) groups excluding carboxylic acids is 3. The second kappa shape index (κ2) is 41.5. The first-order chi connectivity index (χ1) is 39.4. The Balaban J connectivity index is 1.67. The first-order valence-corrected chi connectivity index (χ1v) is 31.0. The summed E-state index contributed by atoms with van der Waals surface area (Å²) in [6.45, 7) is 2.04. The number of unbranched alkanes of at least 4 members (excludes halogenated alkanes) is 25. The van der Waals surface area contributed by atoms with Crippen LogP contribution in [0, 0.1) is 0 Å². The lowest BCUT2D eigenvalue weighted by atomic mass is 9.88. The lowest BCUT2D eigenvalue weighted by molar-refractivity contribution is -0.411. The van der Waals surface area contributed by atoms with E-state index in [9.17, 15) is 75.7 Å². The van der Waals surface area contributed by atoms with Crippen LogP contribution in [0.25, 0.3) is 0 Å². The zero-order chi connectivity index (χ0) is 60.5. The molecule has 0 bridgehead atoms. The standard InChI is InChI=1S/C59H108N2O21/c1-4-6-8-10-12-14-16-18-19-21-23-25-27-29-31-33-46(69)61-40(41(66)32-30-28-26-24-22-20-17-15-13-11-9-7-5-2)38-77-56-51(73)50(72)53(45(37-64)79-56)80-57-52(74)55(49(71)44(36-63)78-57)82-59(58(75)76)34-42(67)47(60-39(3)65)54(81-59)48(70)43(68)35-62/h30,32,40-45,47-57,62-64,66-68,70-74H,4-29,31,33-38H2,1-3H3,(H,60,65)(H,61,69)(H,75,76)/p-1/b32-30+/t40-,41+,42-,43+,44+,45+,47+,48+,49-,50+,51+,52+,53+,54+,55-,56+,57-,59-/m0/s1. The van der Waals surface area contributed by atoms with Gasteiger partial charge in [0.2, 0.25) is 17.6 Å². The number of rotatable bonds is 45. The quantitative estimate of drug-likeness (QED) is 0.0305. The molecule has 0 aromatic heterocycles. The number of aliphatic carboxylic acids is 1. The minimum Gasteiger partial charge on any atom is -0.544 e. The minimum atomic E-state index is -3.19. The fourth-order valence-corrected chi connectivity index (χ4v) is 10.9. The van der Waals surface area contributed by atoms with Crippen LogP contribution in [-0.2, 0) is 42.8 Å². The highest BCUT2D eigenvalue weighted by Gasteiger charge is 2.58. The van der Waals surface area contributed by atoms with Crippen LogP contribution in [0.4, 0.5) is 0 Å². The zero-order valence-electron chi connectivity index (χ0n) is 49.3. The summed E-state index contributed by atoms with van der Waals surface area (Å²) >= 11 is 0. The molecule has 0 aliphatic carbocycles. The second-order valence-corrected chi connectivity index (χ2v) is 22.9. The SMILES string of the molecule is CCCCCCCCCCCCC/C=C/[C@@H](O)[C@H](CO[C@@H]1O[C@H](CO)[C@@H](O[C@@H]2O[C@H](CO)[C@H](O)[C@H](O[C@]3(C(=O)[O-])C[C@H](O)[C@@H](NC(C)=O)[C@H]([C@H](O)[C@H](O)CO)O3)[C@H]2O)[C@H](O)[C@H]1O)NC(=O)CCCCCCCCCCCCCCCCC. The van der Waals surface area contributed by atoms with E-state index in [2.05, 4.69) is 24.5 Å². The Kier molecular flexibility index (Phi) is 37.4. The molecule has 0 saturated carbocycles. The lowest BCUT2D eigenvalue weighted by Gasteiger charge is -2.52. The van der Waals surface area contributed by atoms with Crippen LogP contribution >= 0.6 is 0 Å². The van der Waals surface area contributed by atoms with Crippen molar-refractivity contribution in [2.45, 2.75) is 317 Å². The molecule has 0 unspecified atom stereocenters. The molecular weight excluding hydrogens is 1070 g/mol. The van der Waals surface area contributed by atoms with Crippen molar-refractivity contribution in [3.63, 3.8) is 0 Å². The van der Waals surface area contributed by atoms with Crippen LogP contribution in [0.1, 0.15) is 207 Å². The maximum Gasteiger partial charge on any atom is 0.220 e. The summed E-state index contributed by atoms with van der Waals surface area (Å²) in [6, 6.07) is -2.64. The van der Waals surface area contributed by atoms with Gasteiger partial charge in [-0.15, -0.1) is 0 Å². The topological polar surface area (TPSA) is 376 Å². The summed E-state index contributed by atoms with van der Waals surface area (Å²) in [7, 11) is 0. The first kappa shape index (κ1) is 73.7. The van der Waals surface area contributed by atoms with E-state index in [-0.39, 0.29) is 12.3 Å². The number of aliphatic hydroxyl groups is 11. The average molecular weight is 1180 g/mol. The van der Waals surface area contributed by atoms with Gasteiger partial charge >= 0.3 is 0 Å². The summed E-state index contributed by atoms with van der Waals surface area (Å²) in [4.78, 5) is 38.2. The van der Waals surface area contributed by atoms with Crippen molar-refractivity contribution in [3.05, 3.63) is 12.2 Å². The van der Waals surface area contributed by atoms with Gasteiger partial charge in [-0.05, 0) is 19.3 Å². The molecule has 3 aliphatic heterocycles. The van der Waals surface area contributed by atoms with Crippen LogP contribution in [0.5, 0.6) is 0 Å². The highest BCUT2D eigenvalue weighted by molar-refractivity contribution is 5.76. The van der Waals surface area contributed by atoms with Gasteiger partial charge in [0.1, 0.15) is 73.1 Å². The van der Waals surface area contributed by atoms with Crippen molar-refractivity contribution in [2.75, 3.05) is 26.4 Å². The maximum absolute atomic E-state index is 13.4. The predicted molar refractivity (Wildman–Crippen MR) is 299 cm³/mol. The predicted octanol–water partition coefficient (Wildman–Crippen LogP) is 1.83. The molecule has 2 amide bonds. The van der Waals surface area contributed by atoms with E-state index in [1.165, 1.54) is 116 Å². The molecule has 23 heteroatoms. The summed E-state index contributed by atoms with van der Waals surface area (Å²) in [5.74, 6) is -6.52. The Bertz CT molecular complexity index is 1740. The Hall–Kier alpha value is -2.53. The van der Waals surface area contributed by atoms with Gasteiger partial charge in [-0.25, -0.2) is 0 Å². The molecule has 3 rings (SSSR count). The maximum atomic E-state index is 13.4. The summed E-state index contributed by atoms with van der Waals surface area (Å²) in [5, 5.41) is 138. The minimum absolute atomic E-state index is 0.201. The molecule has 13 N–H and O–H groups in total. The van der Waals surface area contributed by atoms with Crippen molar-refractivity contribution >= 4 is 17.8 Å².